The average Bonchev–Trinajstić information content (AvgIpc) is 3.28. The van der Waals surface area contributed by atoms with Gasteiger partial charge in [-0.3, -0.25) is 9.59 Å². The van der Waals surface area contributed by atoms with E-state index in [0.29, 0.717) is 22.9 Å². The number of hydrazone groups is 2. The van der Waals surface area contributed by atoms with Gasteiger partial charge in [0.2, 0.25) is 11.8 Å². The van der Waals surface area contributed by atoms with Crippen LogP contribution >= 0.6 is 0 Å². The van der Waals surface area contributed by atoms with Crippen LogP contribution < -0.4 is 10.9 Å². The van der Waals surface area contributed by atoms with Crippen molar-refractivity contribution in [3.05, 3.63) is 48.3 Å². The van der Waals surface area contributed by atoms with Crippen LogP contribution in [0.2, 0.25) is 0 Å². The van der Waals surface area contributed by atoms with Crippen molar-refractivity contribution in [1.29, 1.82) is 0 Å². The van der Waals surface area contributed by atoms with Gasteiger partial charge in [-0.1, -0.05) is 0 Å². The summed E-state index contributed by atoms with van der Waals surface area (Å²) in [7, 11) is 0. The van der Waals surface area contributed by atoms with Crippen molar-refractivity contribution in [2.24, 2.45) is 10.2 Å². The largest absolute Gasteiger partial charge is 0.463 e. The molecule has 2 aromatic rings. The molecule has 0 saturated heterocycles. The molecule has 126 valence electrons. The number of nitrogens with zero attached hydrogens (tertiary/aromatic N) is 2. The van der Waals surface area contributed by atoms with E-state index in [4.69, 9.17) is 8.83 Å². The molecule has 0 radical (unpaired) electrons. The molecule has 0 aliphatic heterocycles. The van der Waals surface area contributed by atoms with Gasteiger partial charge < -0.3 is 8.83 Å². The molecule has 8 nitrogen and oxygen atoms in total. The number of nitrogens with one attached hydrogen (secondary N) is 2. The Morgan fingerprint density at radius 3 is 1.62 bits per heavy atom. The van der Waals surface area contributed by atoms with Gasteiger partial charge in [0.05, 0.1) is 12.5 Å². The Bertz CT molecular complexity index is 666. The van der Waals surface area contributed by atoms with Gasteiger partial charge in [0, 0.05) is 12.8 Å². The van der Waals surface area contributed by atoms with Crippen LogP contribution in [-0.2, 0) is 9.59 Å². The molecule has 2 amide bonds. The summed E-state index contributed by atoms with van der Waals surface area (Å²) in [5.41, 5.74) is 5.82. The Morgan fingerprint density at radius 1 is 0.875 bits per heavy atom. The Balaban J connectivity index is 1.72. The zero-order chi connectivity index (χ0) is 17.4. The molecule has 2 heterocycles. The van der Waals surface area contributed by atoms with E-state index in [1.807, 2.05) is 0 Å². The van der Waals surface area contributed by atoms with Gasteiger partial charge in [-0.25, -0.2) is 10.9 Å². The van der Waals surface area contributed by atoms with Crippen molar-refractivity contribution in [2.75, 3.05) is 0 Å². The van der Waals surface area contributed by atoms with E-state index in [1.165, 1.54) is 12.5 Å². The lowest BCUT2D eigenvalue weighted by atomic mass is 10.3. The van der Waals surface area contributed by atoms with Gasteiger partial charge in [-0.2, -0.15) is 10.2 Å². The number of hydrogen-bond acceptors (Lipinski definition) is 6. The highest BCUT2D eigenvalue weighted by atomic mass is 16.3. The third-order valence-corrected chi connectivity index (χ3v) is 3.03. The maximum absolute atomic E-state index is 11.7. The average molecular weight is 330 g/mol. The van der Waals surface area contributed by atoms with E-state index >= 15 is 0 Å². The molecule has 0 unspecified atom stereocenters. The van der Waals surface area contributed by atoms with Crippen LogP contribution in [-0.4, -0.2) is 23.2 Å². The van der Waals surface area contributed by atoms with E-state index in [1.54, 1.807) is 38.1 Å². The molecule has 24 heavy (non-hydrogen) atoms. The molecule has 8 heteroatoms. The van der Waals surface area contributed by atoms with Crippen molar-refractivity contribution in [2.45, 2.75) is 26.7 Å². The van der Waals surface area contributed by atoms with Gasteiger partial charge in [0.15, 0.2) is 0 Å². The standard InChI is InChI=1S/C16H18N4O4/c1-11(13-5-3-9-23-13)17-19-15(21)7-8-16(22)20-18-12(2)14-6-4-10-24-14/h3-6,9-10H,7-8H2,1-2H3,(H,19,21)(H,20,22). The van der Waals surface area contributed by atoms with Crippen LogP contribution in [0.25, 0.3) is 0 Å². The summed E-state index contributed by atoms with van der Waals surface area (Å²) < 4.78 is 10.3. The number of furan rings is 2. The Labute approximate surface area is 138 Å². The first kappa shape index (κ1) is 17.2. The Morgan fingerprint density at radius 2 is 1.29 bits per heavy atom. The molecule has 0 saturated carbocycles. The minimum absolute atomic E-state index is 0.00388. The molecule has 2 aromatic heterocycles. The lowest BCUT2D eigenvalue weighted by molar-refractivity contribution is -0.126. The fourth-order valence-electron chi connectivity index (χ4n) is 1.71. The lowest BCUT2D eigenvalue weighted by Gasteiger charge is -2.02. The second-order valence-corrected chi connectivity index (χ2v) is 4.92. The zero-order valence-electron chi connectivity index (χ0n) is 13.4. The number of carbonyl (C=O) groups is 2. The number of hydrogen-bond donors (Lipinski definition) is 2. The molecule has 0 bridgehead atoms. The quantitative estimate of drug-likeness (QED) is 0.598. The first-order chi connectivity index (χ1) is 11.6. The van der Waals surface area contributed by atoms with Crippen molar-refractivity contribution in [3.63, 3.8) is 0 Å². The lowest BCUT2D eigenvalue weighted by Crippen LogP contribution is -2.24. The summed E-state index contributed by atoms with van der Waals surface area (Å²) in [4.78, 5) is 23.3. The fourth-order valence-corrected chi connectivity index (χ4v) is 1.71. The molecule has 0 aliphatic rings. The highest BCUT2D eigenvalue weighted by Gasteiger charge is 2.07. The van der Waals surface area contributed by atoms with Crippen LogP contribution in [0.15, 0.2) is 55.8 Å². The molecule has 0 atom stereocenters. The van der Waals surface area contributed by atoms with Crippen LogP contribution in [0, 0.1) is 0 Å². The predicted molar refractivity (Wildman–Crippen MR) is 87.4 cm³/mol. The van der Waals surface area contributed by atoms with Gasteiger partial charge >= 0.3 is 0 Å². The maximum Gasteiger partial charge on any atom is 0.240 e. The normalized spacial score (nSPS) is 12.1. The third-order valence-electron chi connectivity index (χ3n) is 3.03. The minimum atomic E-state index is -0.372. The first-order valence-corrected chi connectivity index (χ1v) is 7.30. The SMILES string of the molecule is CC(=NNC(=O)CCC(=O)NN=C(C)c1ccco1)c1ccco1. The summed E-state index contributed by atoms with van der Waals surface area (Å²) in [6.45, 7) is 3.41. The van der Waals surface area contributed by atoms with Crippen LogP contribution in [0.1, 0.15) is 38.2 Å². The summed E-state index contributed by atoms with van der Waals surface area (Å²) in [5, 5.41) is 7.81. The van der Waals surface area contributed by atoms with Crippen molar-refractivity contribution in [1.82, 2.24) is 10.9 Å². The molecule has 0 spiro atoms. The molecule has 0 fully saturated rings. The molecule has 0 aliphatic carbocycles. The summed E-state index contributed by atoms with van der Waals surface area (Å²) >= 11 is 0. The van der Waals surface area contributed by atoms with E-state index in [-0.39, 0.29) is 24.7 Å². The number of rotatable bonds is 7. The van der Waals surface area contributed by atoms with Gasteiger partial charge in [-0.15, -0.1) is 0 Å². The van der Waals surface area contributed by atoms with Gasteiger partial charge in [-0.05, 0) is 38.1 Å². The van der Waals surface area contributed by atoms with Crippen LogP contribution in [0.5, 0.6) is 0 Å². The van der Waals surface area contributed by atoms with Crippen LogP contribution in [0.3, 0.4) is 0 Å². The molecular weight excluding hydrogens is 312 g/mol. The van der Waals surface area contributed by atoms with Crippen LogP contribution in [0.4, 0.5) is 0 Å². The third kappa shape index (κ3) is 5.24. The Hall–Kier alpha value is -3.16. The zero-order valence-corrected chi connectivity index (χ0v) is 13.4. The maximum atomic E-state index is 11.7. The highest BCUT2D eigenvalue weighted by molar-refractivity contribution is 5.97. The number of carbonyl (C=O) groups excluding carboxylic acids is 2. The van der Waals surface area contributed by atoms with E-state index in [2.05, 4.69) is 21.1 Å². The van der Waals surface area contributed by atoms with E-state index < -0.39 is 0 Å². The highest BCUT2D eigenvalue weighted by Crippen LogP contribution is 2.02. The number of amides is 2. The summed E-state index contributed by atoms with van der Waals surface area (Å²) in [6.07, 6.45) is 3.03. The topological polar surface area (TPSA) is 109 Å². The van der Waals surface area contributed by atoms with Crippen molar-refractivity contribution in [3.8, 4) is 0 Å². The van der Waals surface area contributed by atoms with Crippen molar-refractivity contribution >= 4 is 23.2 Å². The van der Waals surface area contributed by atoms with Crippen molar-refractivity contribution < 1.29 is 18.4 Å². The smallest absolute Gasteiger partial charge is 0.240 e. The summed E-state index contributed by atoms with van der Waals surface area (Å²) in [5.74, 6) is 0.386. The predicted octanol–water partition coefficient (Wildman–Crippen LogP) is 2.03. The molecular formula is C16H18N4O4. The summed E-state index contributed by atoms with van der Waals surface area (Å²) in [6, 6.07) is 6.92. The van der Waals surface area contributed by atoms with E-state index in [0.717, 1.165) is 0 Å². The molecule has 2 rings (SSSR count). The fraction of sp³-hybridized carbons (Fsp3) is 0.250. The minimum Gasteiger partial charge on any atom is -0.463 e. The monoisotopic (exact) mass is 330 g/mol. The molecule has 0 aromatic carbocycles. The second kappa shape index (κ2) is 8.47. The molecule has 2 N–H and O–H groups in total. The second-order valence-electron chi connectivity index (χ2n) is 4.92. The van der Waals surface area contributed by atoms with Gasteiger partial charge in [0.1, 0.15) is 22.9 Å². The van der Waals surface area contributed by atoms with E-state index in [9.17, 15) is 9.59 Å². The first-order valence-electron chi connectivity index (χ1n) is 7.30. The van der Waals surface area contributed by atoms with Gasteiger partial charge in [0.25, 0.3) is 0 Å². The Kier molecular flexibility index (Phi) is 6.07.